The Bertz CT molecular complexity index is 643. The minimum atomic E-state index is -3.86. The van der Waals surface area contributed by atoms with E-state index in [-0.39, 0.29) is 20.8 Å². The molecule has 9 heteroatoms. The van der Waals surface area contributed by atoms with E-state index in [1.165, 1.54) is 18.2 Å². The Morgan fingerprint density at radius 3 is 2.33 bits per heavy atom. The van der Waals surface area contributed by atoms with Crippen LogP contribution >= 0.6 is 26.6 Å². The van der Waals surface area contributed by atoms with Crippen molar-refractivity contribution in [3.63, 3.8) is 0 Å². The number of hydrogen-bond donors (Lipinski definition) is 1. The maximum absolute atomic E-state index is 11.5. The lowest BCUT2D eigenvalue weighted by molar-refractivity contribution is 0.599. The van der Waals surface area contributed by atoms with E-state index in [9.17, 15) is 16.8 Å². The van der Waals surface area contributed by atoms with Crippen LogP contribution in [0.2, 0.25) is 0 Å². The topological polar surface area (TPSA) is 80.3 Å². The highest BCUT2D eigenvalue weighted by molar-refractivity contribution is 9.10. The molecule has 0 saturated heterocycles. The Hall–Kier alpha value is -0.310. The smallest absolute Gasteiger partial charge is 0.262 e. The molecule has 1 aromatic rings. The third-order valence-electron chi connectivity index (χ3n) is 1.94. The summed E-state index contributed by atoms with van der Waals surface area (Å²) in [7, 11) is -2.06. The van der Waals surface area contributed by atoms with Crippen LogP contribution in [0.15, 0.2) is 27.6 Å². The van der Waals surface area contributed by atoms with Crippen molar-refractivity contribution >= 4 is 51.4 Å². The molecule has 0 aliphatic heterocycles. The van der Waals surface area contributed by atoms with Gasteiger partial charge in [0, 0.05) is 20.8 Å². The largest absolute Gasteiger partial charge is 0.284 e. The van der Waals surface area contributed by atoms with Gasteiger partial charge in [-0.2, -0.15) is 0 Å². The summed E-state index contributed by atoms with van der Waals surface area (Å²) in [5.41, 5.74) is 0.277. The highest BCUT2D eigenvalue weighted by atomic mass is 79.9. The molecule has 0 unspecified atom stereocenters. The van der Waals surface area contributed by atoms with Crippen molar-refractivity contribution in [1.82, 2.24) is 0 Å². The first-order valence-electron chi connectivity index (χ1n) is 4.90. The zero-order valence-corrected chi connectivity index (χ0v) is 13.3. The lowest BCUT2D eigenvalue weighted by atomic mass is 10.3. The molecular weight excluding hydrogens is 366 g/mol. The van der Waals surface area contributed by atoms with E-state index >= 15 is 0 Å². The molecule has 0 radical (unpaired) electrons. The third kappa shape index (κ3) is 4.42. The Balaban J connectivity index is 3.07. The van der Waals surface area contributed by atoms with Gasteiger partial charge in [-0.3, -0.25) is 4.72 Å². The average Bonchev–Trinajstić information content (AvgIpc) is 2.13. The second-order valence-electron chi connectivity index (χ2n) is 3.50. The zero-order valence-electron chi connectivity index (χ0n) is 9.35. The molecule has 0 amide bonds. The lowest BCUT2D eigenvalue weighted by Gasteiger charge is -2.08. The molecule has 1 N–H and O–H groups in total. The highest BCUT2D eigenvalue weighted by Crippen LogP contribution is 2.28. The van der Waals surface area contributed by atoms with Crippen molar-refractivity contribution in [1.29, 1.82) is 0 Å². The molecule has 0 aliphatic rings. The van der Waals surface area contributed by atoms with Gasteiger partial charge in [0.1, 0.15) is 0 Å². The number of anilines is 1. The second-order valence-corrected chi connectivity index (χ2v) is 8.73. The SMILES string of the molecule is CCCS(=O)(=O)Nc1ccc(S(=O)(=O)Cl)c(Br)c1. The molecule has 18 heavy (non-hydrogen) atoms. The van der Waals surface area contributed by atoms with Gasteiger partial charge >= 0.3 is 0 Å². The summed E-state index contributed by atoms with van der Waals surface area (Å²) in [6, 6.07) is 3.92. The molecule has 0 aromatic heterocycles. The Morgan fingerprint density at radius 1 is 1.28 bits per heavy atom. The molecule has 0 saturated carbocycles. The number of sulfonamides is 1. The van der Waals surface area contributed by atoms with Gasteiger partial charge in [-0.05, 0) is 40.5 Å². The van der Waals surface area contributed by atoms with Crippen LogP contribution < -0.4 is 4.72 Å². The Labute approximate surface area is 119 Å². The third-order valence-corrected chi connectivity index (χ3v) is 5.73. The Kier molecular flexibility index (Phi) is 5.05. The standard InChI is InChI=1S/C9H11BrClNO4S2/c1-2-5-17(13,14)12-7-3-4-9(8(10)6-7)18(11,15)16/h3-4,6,12H,2,5H2,1H3. The predicted octanol–water partition coefficient (Wildman–Crippen LogP) is 2.53. The van der Waals surface area contributed by atoms with Crippen molar-refractivity contribution in [2.75, 3.05) is 10.5 Å². The summed E-state index contributed by atoms with van der Waals surface area (Å²) in [5.74, 6) is 0.000174. The molecule has 102 valence electrons. The minimum Gasteiger partial charge on any atom is -0.284 e. The second kappa shape index (κ2) is 5.77. The maximum Gasteiger partial charge on any atom is 0.262 e. The first-order chi connectivity index (χ1) is 8.15. The monoisotopic (exact) mass is 375 g/mol. The number of benzene rings is 1. The molecule has 1 aromatic carbocycles. The molecule has 0 heterocycles. The molecule has 0 aliphatic carbocycles. The molecule has 0 bridgehead atoms. The molecule has 0 fully saturated rings. The van der Waals surface area contributed by atoms with Crippen LogP contribution in [0.4, 0.5) is 5.69 Å². The van der Waals surface area contributed by atoms with Crippen LogP contribution in [0, 0.1) is 0 Å². The van der Waals surface area contributed by atoms with E-state index in [0.29, 0.717) is 6.42 Å². The summed E-state index contributed by atoms with van der Waals surface area (Å²) in [6.45, 7) is 1.75. The van der Waals surface area contributed by atoms with Gasteiger partial charge in [0.05, 0.1) is 10.6 Å². The van der Waals surface area contributed by atoms with Crippen molar-refractivity contribution in [2.45, 2.75) is 18.2 Å². The van der Waals surface area contributed by atoms with Crippen molar-refractivity contribution in [2.24, 2.45) is 0 Å². The van der Waals surface area contributed by atoms with E-state index < -0.39 is 19.1 Å². The predicted molar refractivity (Wildman–Crippen MR) is 74.9 cm³/mol. The first kappa shape index (κ1) is 15.7. The minimum absolute atomic E-state index is 0.000174. The summed E-state index contributed by atoms with van der Waals surface area (Å²) >= 11 is 3.03. The fraction of sp³-hybridized carbons (Fsp3) is 0.333. The first-order valence-corrected chi connectivity index (χ1v) is 9.66. The summed E-state index contributed by atoms with van der Waals surface area (Å²) in [4.78, 5) is -0.109. The molecule has 0 spiro atoms. The fourth-order valence-electron chi connectivity index (χ4n) is 1.26. The van der Waals surface area contributed by atoms with E-state index in [1.54, 1.807) is 6.92 Å². The van der Waals surface area contributed by atoms with Gasteiger partial charge < -0.3 is 0 Å². The van der Waals surface area contributed by atoms with Crippen molar-refractivity contribution in [3.8, 4) is 0 Å². The van der Waals surface area contributed by atoms with Crippen LogP contribution in [0.5, 0.6) is 0 Å². The summed E-state index contributed by atoms with van der Waals surface area (Å²) in [6.07, 6.45) is 0.491. The maximum atomic E-state index is 11.5. The number of rotatable bonds is 5. The van der Waals surface area contributed by atoms with Crippen LogP contribution in [0.3, 0.4) is 0 Å². The van der Waals surface area contributed by atoms with Gasteiger partial charge in [0.15, 0.2) is 0 Å². The van der Waals surface area contributed by atoms with Gasteiger partial charge in [0.2, 0.25) is 10.0 Å². The zero-order chi connectivity index (χ0) is 14.0. The number of halogens is 2. The molecule has 0 atom stereocenters. The van der Waals surface area contributed by atoms with Gasteiger partial charge in [-0.15, -0.1) is 0 Å². The van der Waals surface area contributed by atoms with Crippen LogP contribution in [0.1, 0.15) is 13.3 Å². The summed E-state index contributed by atoms with van der Waals surface area (Å²) in [5, 5.41) is 0. The van der Waals surface area contributed by atoms with Crippen molar-refractivity contribution in [3.05, 3.63) is 22.7 Å². The van der Waals surface area contributed by atoms with E-state index in [2.05, 4.69) is 20.7 Å². The number of nitrogens with one attached hydrogen (secondary N) is 1. The molecular formula is C9H11BrClNO4S2. The van der Waals surface area contributed by atoms with Gasteiger partial charge in [0.25, 0.3) is 9.05 Å². The van der Waals surface area contributed by atoms with Crippen LogP contribution in [0.25, 0.3) is 0 Å². The fourth-order valence-corrected chi connectivity index (χ4v) is 4.61. The highest BCUT2D eigenvalue weighted by Gasteiger charge is 2.16. The average molecular weight is 377 g/mol. The van der Waals surface area contributed by atoms with E-state index in [1.807, 2.05) is 0 Å². The normalized spacial score (nSPS) is 12.4. The molecule has 5 nitrogen and oxygen atoms in total. The molecule has 1 rings (SSSR count). The summed E-state index contributed by atoms with van der Waals surface area (Å²) < 4.78 is 47.9. The van der Waals surface area contributed by atoms with Crippen molar-refractivity contribution < 1.29 is 16.8 Å². The van der Waals surface area contributed by atoms with Gasteiger partial charge in [-0.1, -0.05) is 6.92 Å². The number of hydrogen-bond acceptors (Lipinski definition) is 4. The van der Waals surface area contributed by atoms with E-state index in [4.69, 9.17) is 10.7 Å². The van der Waals surface area contributed by atoms with Gasteiger partial charge in [-0.25, -0.2) is 16.8 Å². The quantitative estimate of drug-likeness (QED) is 0.801. The van der Waals surface area contributed by atoms with Crippen LogP contribution in [-0.4, -0.2) is 22.6 Å². The lowest BCUT2D eigenvalue weighted by Crippen LogP contribution is -2.16. The van der Waals surface area contributed by atoms with Crippen LogP contribution in [-0.2, 0) is 19.1 Å². The Morgan fingerprint density at radius 2 is 1.89 bits per heavy atom. The van der Waals surface area contributed by atoms with E-state index in [0.717, 1.165) is 0 Å².